The molecule has 24 heteroatoms. The van der Waals surface area contributed by atoms with Crippen molar-refractivity contribution in [3.8, 4) is 33.4 Å². The van der Waals surface area contributed by atoms with Gasteiger partial charge in [0, 0.05) is 77.2 Å². The third kappa shape index (κ3) is 18.5. The van der Waals surface area contributed by atoms with Gasteiger partial charge in [-0.2, -0.15) is 0 Å². The van der Waals surface area contributed by atoms with Crippen molar-refractivity contribution in [2.75, 3.05) is 25.6 Å². The van der Waals surface area contributed by atoms with Crippen LogP contribution in [0.15, 0.2) is 146 Å². The number of halogens is 3. The lowest BCUT2D eigenvalue weighted by Crippen LogP contribution is -2.52. The smallest absolute Gasteiger partial charge is 0.407 e. The Morgan fingerprint density at radius 2 is 0.896 bits per heavy atom. The topological polar surface area (TPSA) is 264 Å². The molecule has 3 aliphatic heterocycles. The lowest BCUT2D eigenvalue weighted by molar-refractivity contribution is -0.145. The predicted octanol–water partition coefficient (Wildman–Crippen LogP) is 14.7. The van der Waals surface area contributed by atoms with Crippen molar-refractivity contribution in [1.29, 1.82) is 0 Å². The Labute approximate surface area is 617 Å². The molecule has 3 saturated heterocycles. The standard InChI is InChI=1S/C28H31FN2O4.C27H32FN3O4S.C27H30FN3O4/c1-2-34-28(33)31-23-9-10-24-19(14-23)12-20-15-26(32)35-27(20)25(24)11-8-22-7-6-18(16-30-22)17-4-3-5-21(29)13-17;1-2-35-27(32)30-23-9-10-24-19(14-23)12-20-16-36(33,34)31-26(20)25(24)11-8-22-7-6-18(15-29-22)17-4-3-5-21(28)13-17;1-2-34-26(32)30-21-9-10-22-18(13-21)14-24-25(31-27(33)35-24)23(22)11-8-20-7-6-17(15-29-20)16-4-3-5-19(28)12-16/h3-8,11,13,16,19-20,23-25,27H,2,9-10,12,14-15H2,1H3,(H,31,33);3-8,11,13,15,19-20,23-26,31H,2,9-10,12,14,16H2,1H3,(H,30,32);3-8,11-12,15,18,21-25H,2,9-10,13-14H2,1H3,(H,30,32)(H,31,33)/b3*11-8+/t19-,20+,23-,24-,25+,27-;19-,20+,23-,24-,25+,26-;18-,21+,22+,23-,24+,25-/m110/s1. The first-order valence-corrected chi connectivity index (χ1v) is 39.1. The average Bonchev–Trinajstić information content (AvgIpc) is 1.62. The van der Waals surface area contributed by atoms with Crippen LogP contribution in [0.4, 0.5) is 32.3 Å². The van der Waals surface area contributed by atoms with Gasteiger partial charge in [-0.25, -0.2) is 45.5 Å². The molecule has 0 unspecified atom stereocenters. The predicted molar refractivity (Wildman–Crippen MR) is 394 cm³/mol. The van der Waals surface area contributed by atoms with Gasteiger partial charge in [0.1, 0.15) is 29.7 Å². The summed E-state index contributed by atoms with van der Waals surface area (Å²) in [6.45, 7) is 6.42. The van der Waals surface area contributed by atoms with E-state index in [-0.39, 0.29) is 126 Å². The zero-order valence-corrected chi connectivity index (χ0v) is 60.6. The van der Waals surface area contributed by atoms with E-state index >= 15 is 0 Å². The van der Waals surface area contributed by atoms with E-state index in [0.29, 0.717) is 61.7 Å². The second kappa shape index (κ2) is 34.0. The fraction of sp³-hybridized carbons (Fsp3) is 0.463. The number of fused-ring (bicyclic) bond motifs is 6. The highest BCUT2D eigenvalue weighted by Gasteiger charge is 2.54. The molecule has 15 rings (SSSR count). The number of alkyl carbamates (subject to hydrolysis) is 4. The van der Waals surface area contributed by atoms with Gasteiger partial charge in [-0.05, 0) is 235 Å². The maximum Gasteiger partial charge on any atom is 0.407 e. The van der Waals surface area contributed by atoms with Crippen molar-refractivity contribution in [3.63, 3.8) is 0 Å². The number of nitrogens with zero attached hydrogens (tertiary/aromatic N) is 3. The Morgan fingerprint density at radius 3 is 1.31 bits per heavy atom. The lowest BCUT2D eigenvalue weighted by Gasteiger charge is -2.47. The SMILES string of the molecule is CCOC(=O)N[C@@H]1CC[C@@H]2[C@@H](C1)C[C@H]1CC(=O)O[C@H]1[C@H]2/C=C/c1ccc(-c2cccc(F)c2)cn1.CCOC(=O)N[C@@H]1CC[C@@H]2[C@@H](C1)C[C@H]1CS(=O)(=O)N[C@H]1[C@H]2/C=C/c1ccc(-c2cccc(F)c2)cn1.CCOC(=O)N[C@@H]1CC[C@@H]2[C@@H](C1)C[C@H]1OC(=O)N[C@H]1[C@H]2/C=C/c1ccc(-c2cccc(F)c2)cn1. The summed E-state index contributed by atoms with van der Waals surface area (Å²) in [7, 11) is -3.29. The van der Waals surface area contributed by atoms with Gasteiger partial charge in [0.15, 0.2) is 0 Å². The molecule has 6 saturated carbocycles. The Balaban J connectivity index is 0.000000141. The highest BCUT2D eigenvalue weighted by atomic mass is 32.2. The van der Waals surface area contributed by atoms with Crippen LogP contribution >= 0.6 is 0 Å². The van der Waals surface area contributed by atoms with E-state index < -0.39 is 10.0 Å². The van der Waals surface area contributed by atoms with Gasteiger partial charge in [-0.3, -0.25) is 19.7 Å². The normalized spacial score (nSPS) is 30.1. The zero-order chi connectivity index (χ0) is 74.0. The van der Waals surface area contributed by atoms with E-state index in [1.807, 2.05) is 72.8 Å². The number of hydrogen-bond donors (Lipinski definition) is 5. The number of esters is 1. The molecule has 106 heavy (non-hydrogen) atoms. The molecule has 6 aromatic rings. The van der Waals surface area contributed by atoms with Crippen LogP contribution in [-0.2, 0) is 38.5 Å². The molecule has 3 aromatic heterocycles. The molecule has 5 N–H and O–H groups in total. The molecule has 0 radical (unpaired) electrons. The molecule has 0 spiro atoms. The Kier molecular flexibility index (Phi) is 24.0. The Hall–Kier alpha value is -9.42. The molecule has 6 heterocycles. The summed E-state index contributed by atoms with van der Waals surface area (Å²) in [4.78, 5) is 73.6. The molecule has 9 aliphatic rings. The van der Waals surface area contributed by atoms with E-state index in [4.69, 9.17) is 23.7 Å². The monoisotopic (exact) mass is 1470 g/mol. The number of pyridine rings is 3. The highest BCUT2D eigenvalue weighted by Crippen LogP contribution is 2.53. The molecular formula is C82H93F3N8O12S. The molecule has 560 valence electrons. The first kappa shape index (κ1) is 74.8. The van der Waals surface area contributed by atoms with Gasteiger partial charge in [-0.1, -0.05) is 72.8 Å². The minimum absolute atomic E-state index is 0.0504. The Bertz CT molecular complexity index is 4130. The quantitative estimate of drug-likeness (QED) is 0.0473. The molecule has 18 atom stereocenters. The van der Waals surface area contributed by atoms with Crippen LogP contribution in [0.5, 0.6) is 0 Å². The van der Waals surface area contributed by atoms with Crippen molar-refractivity contribution in [2.24, 2.45) is 65.1 Å². The van der Waals surface area contributed by atoms with Crippen molar-refractivity contribution < 1.29 is 69.2 Å². The molecule has 9 fully saturated rings. The van der Waals surface area contributed by atoms with Crippen molar-refractivity contribution in [3.05, 3.63) is 181 Å². The number of rotatable bonds is 15. The maximum atomic E-state index is 13.6. The highest BCUT2D eigenvalue weighted by molar-refractivity contribution is 7.89. The second-order valence-corrected chi connectivity index (χ2v) is 31.4. The molecule has 0 bridgehead atoms. The zero-order valence-electron chi connectivity index (χ0n) is 59.8. The average molecular weight is 1470 g/mol. The maximum absolute atomic E-state index is 13.6. The number of carbonyl (C=O) groups excluding carboxylic acids is 5. The number of aromatic nitrogens is 3. The lowest BCUT2D eigenvalue weighted by atomic mass is 9.60. The molecule has 20 nitrogen and oxygen atoms in total. The van der Waals surface area contributed by atoms with Gasteiger partial charge in [-0.15, -0.1) is 0 Å². The van der Waals surface area contributed by atoms with Gasteiger partial charge >= 0.3 is 30.3 Å². The first-order chi connectivity index (χ1) is 51.3. The van der Waals surface area contributed by atoms with Gasteiger partial charge in [0.25, 0.3) is 0 Å². The fourth-order valence-electron chi connectivity index (χ4n) is 18.5. The number of nitrogens with one attached hydrogen (secondary N) is 5. The summed E-state index contributed by atoms with van der Waals surface area (Å²) in [5.41, 5.74) is 7.26. The summed E-state index contributed by atoms with van der Waals surface area (Å²) in [6, 6.07) is 30.9. The van der Waals surface area contributed by atoms with Gasteiger partial charge in [0.05, 0.1) is 55.1 Å². The van der Waals surface area contributed by atoms with Crippen LogP contribution in [0.1, 0.15) is 121 Å². The first-order valence-electron chi connectivity index (χ1n) is 37.5. The summed E-state index contributed by atoms with van der Waals surface area (Å²) in [6.07, 6.45) is 26.9. The van der Waals surface area contributed by atoms with Crippen LogP contribution in [0.25, 0.3) is 51.6 Å². The van der Waals surface area contributed by atoms with Crippen molar-refractivity contribution in [1.82, 2.24) is 40.9 Å². The number of benzene rings is 3. The van der Waals surface area contributed by atoms with Crippen molar-refractivity contribution in [2.45, 2.75) is 147 Å². The van der Waals surface area contributed by atoms with E-state index in [9.17, 15) is 45.6 Å². The van der Waals surface area contributed by atoms with E-state index in [1.165, 1.54) is 36.4 Å². The van der Waals surface area contributed by atoms with Crippen LogP contribution in [0.2, 0.25) is 0 Å². The van der Waals surface area contributed by atoms with Crippen LogP contribution in [0, 0.1) is 82.5 Å². The molecule has 4 amide bonds. The third-order valence-corrected chi connectivity index (χ3v) is 24.5. The summed E-state index contributed by atoms with van der Waals surface area (Å²) in [5, 5.41) is 12.0. The van der Waals surface area contributed by atoms with E-state index in [2.05, 4.69) is 59.2 Å². The summed E-state index contributed by atoms with van der Waals surface area (Å²) < 4.78 is 95.0. The number of ether oxygens (including phenoxy) is 5. The summed E-state index contributed by atoms with van der Waals surface area (Å²) in [5.74, 6) is 1.94. The number of sulfonamides is 1. The second-order valence-electron chi connectivity index (χ2n) is 29.6. The largest absolute Gasteiger partial charge is 0.461 e. The summed E-state index contributed by atoms with van der Waals surface area (Å²) >= 11 is 0. The van der Waals surface area contributed by atoms with Crippen molar-refractivity contribution >= 4 is 58.6 Å². The van der Waals surface area contributed by atoms with E-state index in [0.717, 1.165) is 128 Å². The van der Waals surface area contributed by atoms with Gasteiger partial charge < -0.3 is 45.0 Å². The number of hydrogen-bond acceptors (Lipinski definition) is 15. The minimum atomic E-state index is -3.29. The van der Waals surface area contributed by atoms with Crippen LogP contribution < -0.4 is 26.0 Å². The number of carbonyl (C=O) groups is 5. The van der Waals surface area contributed by atoms with Crippen LogP contribution in [0.3, 0.4) is 0 Å². The van der Waals surface area contributed by atoms with Crippen LogP contribution in [-0.4, -0.2) is 122 Å². The third-order valence-electron chi connectivity index (χ3n) is 23.0. The molecule has 3 aromatic carbocycles. The Morgan fingerprint density at radius 1 is 0.491 bits per heavy atom. The molecule has 6 aliphatic carbocycles. The molecular weight excluding hydrogens is 1380 g/mol. The number of amides is 4. The van der Waals surface area contributed by atoms with Gasteiger partial charge in [0.2, 0.25) is 10.0 Å². The minimum Gasteiger partial charge on any atom is -0.461 e. The van der Waals surface area contributed by atoms with E-state index in [1.54, 1.807) is 57.6 Å². The fourth-order valence-corrected chi connectivity index (χ4v) is 20.3.